The van der Waals surface area contributed by atoms with Gasteiger partial charge in [-0.05, 0) is 64.6 Å². The van der Waals surface area contributed by atoms with E-state index in [0.29, 0.717) is 0 Å². The highest BCUT2D eigenvalue weighted by molar-refractivity contribution is 5.84. The number of fused-ring (bicyclic) bond motifs is 3. The van der Waals surface area contributed by atoms with Gasteiger partial charge >= 0.3 is 0 Å². The van der Waals surface area contributed by atoms with Crippen LogP contribution in [0.3, 0.4) is 0 Å². The van der Waals surface area contributed by atoms with Crippen molar-refractivity contribution < 1.29 is 7.31 Å². The van der Waals surface area contributed by atoms with Crippen LogP contribution in [0.1, 0.15) is 45.8 Å². The van der Waals surface area contributed by atoms with Crippen molar-refractivity contribution in [3.8, 4) is 22.4 Å². The third-order valence-electron chi connectivity index (χ3n) is 5.16. The molecule has 3 aromatic rings. The molecular weight excluding hydrogens is 314 g/mol. The monoisotopic (exact) mass is 344 g/mol. The SMILES string of the molecule is [2H]C([2H])(c1cc[n+](C)c(-c2ccc3c(c2C)-c2ccccc2C3)c1)C(C)(C)C. The van der Waals surface area contributed by atoms with Gasteiger partial charge in [-0.25, -0.2) is 4.57 Å². The van der Waals surface area contributed by atoms with Crippen molar-refractivity contribution in [2.75, 3.05) is 0 Å². The maximum Gasteiger partial charge on any atom is 0.212 e. The lowest BCUT2D eigenvalue weighted by Gasteiger charge is -2.18. The first kappa shape index (κ1) is 14.7. The Kier molecular flexibility index (Phi) is 3.45. The minimum absolute atomic E-state index is 0.476. The summed E-state index contributed by atoms with van der Waals surface area (Å²) in [6, 6.07) is 17.0. The average Bonchev–Trinajstić information content (AvgIpc) is 3.01. The molecule has 2 aromatic carbocycles. The number of aromatic nitrogens is 1. The van der Waals surface area contributed by atoms with E-state index >= 15 is 0 Å². The first-order valence-corrected chi connectivity index (χ1v) is 9.32. The summed E-state index contributed by atoms with van der Waals surface area (Å²) >= 11 is 0. The summed E-state index contributed by atoms with van der Waals surface area (Å²) in [5.74, 6) is 0. The highest BCUT2D eigenvalue weighted by Crippen LogP contribution is 2.41. The first-order chi connectivity index (χ1) is 13.1. The molecule has 1 heterocycles. The molecule has 26 heavy (non-hydrogen) atoms. The quantitative estimate of drug-likeness (QED) is 0.414. The first-order valence-electron chi connectivity index (χ1n) is 10.3. The number of aryl methyl sites for hydroxylation is 1. The zero-order valence-electron chi connectivity index (χ0n) is 18.4. The molecule has 0 radical (unpaired) electrons. The highest BCUT2D eigenvalue weighted by atomic mass is 14.9. The molecule has 1 heteroatoms. The minimum atomic E-state index is -1.41. The normalized spacial score (nSPS) is 14.5. The van der Waals surface area contributed by atoms with Crippen LogP contribution in [0, 0.1) is 12.3 Å². The summed E-state index contributed by atoms with van der Waals surface area (Å²) in [6.07, 6.45) is 1.56. The number of pyridine rings is 1. The number of rotatable bonds is 2. The Labute approximate surface area is 160 Å². The fourth-order valence-corrected chi connectivity index (χ4v) is 4.04. The second-order valence-electron chi connectivity index (χ2n) is 8.39. The average molecular weight is 345 g/mol. The molecule has 0 aliphatic heterocycles. The molecule has 0 bridgehead atoms. The molecule has 4 rings (SSSR count). The number of nitrogens with zero attached hydrogens (tertiary/aromatic N) is 1. The van der Waals surface area contributed by atoms with E-state index in [-0.39, 0.29) is 0 Å². The van der Waals surface area contributed by atoms with Crippen molar-refractivity contribution in [2.45, 2.75) is 40.5 Å². The van der Waals surface area contributed by atoms with Crippen LogP contribution < -0.4 is 4.57 Å². The summed E-state index contributed by atoms with van der Waals surface area (Å²) in [5, 5.41) is 0. The molecule has 0 saturated heterocycles. The molecule has 1 nitrogen and oxygen atoms in total. The largest absolute Gasteiger partial charge is 0.212 e. The van der Waals surface area contributed by atoms with Gasteiger partial charge in [-0.15, -0.1) is 0 Å². The fraction of sp³-hybridized carbons (Fsp3) is 0.320. The van der Waals surface area contributed by atoms with Crippen molar-refractivity contribution >= 4 is 0 Å². The van der Waals surface area contributed by atoms with Gasteiger partial charge in [0.05, 0.1) is 0 Å². The van der Waals surface area contributed by atoms with Crippen molar-refractivity contribution in [3.63, 3.8) is 0 Å². The van der Waals surface area contributed by atoms with Gasteiger partial charge in [0.2, 0.25) is 5.69 Å². The van der Waals surface area contributed by atoms with Crippen LogP contribution in [0.2, 0.25) is 0 Å². The smallest absolute Gasteiger partial charge is 0.201 e. The minimum Gasteiger partial charge on any atom is -0.201 e. The predicted molar refractivity (Wildman–Crippen MR) is 109 cm³/mol. The van der Waals surface area contributed by atoms with Crippen LogP contribution in [0.25, 0.3) is 22.4 Å². The van der Waals surface area contributed by atoms with E-state index in [4.69, 9.17) is 2.74 Å². The van der Waals surface area contributed by atoms with Crippen LogP contribution in [0.5, 0.6) is 0 Å². The standard InChI is InChI=1S/C25H28N/c1-17-21(23-14-18(12-13-26(23)5)16-25(2,3)4)11-10-20-15-19-8-6-7-9-22(19)24(17)20/h6-14H,15-16H2,1-5H3/q+1/i16D2. The van der Waals surface area contributed by atoms with Crippen molar-refractivity contribution in [1.29, 1.82) is 0 Å². The Morgan fingerprint density at radius 1 is 1.00 bits per heavy atom. The van der Waals surface area contributed by atoms with Crippen LogP contribution in [0.15, 0.2) is 54.7 Å². The maximum absolute atomic E-state index is 8.68. The molecule has 0 atom stereocenters. The predicted octanol–water partition coefficient (Wildman–Crippen LogP) is 5.65. The Morgan fingerprint density at radius 3 is 2.54 bits per heavy atom. The Balaban J connectivity index is 1.90. The molecule has 0 spiro atoms. The summed E-state index contributed by atoms with van der Waals surface area (Å²) in [5.41, 5.74) is 9.19. The Hall–Kier alpha value is -2.41. The van der Waals surface area contributed by atoms with E-state index in [2.05, 4.69) is 47.9 Å². The van der Waals surface area contributed by atoms with E-state index in [1.165, 1.54) is 33.4 Å². The maximum atomic E-state index is 8.68. The third kappa shape index (κ3) is 2.96. The molecule has 0 fully saturated rings. The van der Waals surface area contributed by atoms with E-state index in [1.54, 1.807) is 0 Å². The van der Waals surface area contributed by atoms with E-state index in [9.17, 15) is 0 Å². The lowest BCUT2D eigenvalue weighted by atomic mass is 9.87. The van der Waals surface area contributed by atoms with Crippen molar-refractivity contribution in [2.24, 2.45) is 12.5 Å². The van der Waals surface area contributed by atoms with Crippen LogP contribution in [-0.4, -0.2) is 0 Å². The molecule has 0 amide bonds. The molecular formula is C25H28N+. The zero-order valence-corrected chi connectivity index (χ0v) is 16.4. The highest BCUT2D eigenvalue weighted by Gasteiger charge is 2.24. The van der Waals surface area contributed by atoms with Gasteiger partial charge in [0.25, 0.3) is 0 Å². The lowest BCUT2D eigenvalue weighted by Crippen LogP contribution is -2.31. The molecule has 1 aliphatic carbocycles. The lowest BCUT2D eigenvalue weighted by molar-refractivity contribution is -0.660. The number of benzene rings is 2. The van der Waals surface area contributed by atoms with Crippen LogP contribution in [0.4, 0.5) is 0 Å². The van der Waals surface area contributed by atoms with Gasteiger partial charge in [-0.3, -0.25) is 0 Å². The summed E-state index contributed by atoms with van der Waals surface area (Å²) < 4.78 is 19.5. The second kappa shape index (κ2) is 6.09. The van der Waals surface area contributed by atoms with Gasteiger partial charge in [0.1, 0.15) is 7.05 Å². The molecule has 1 aliphatic rings. The summed E-state index contributed by atoms with van der Waals surface area (Å²) in [6.45, 7) is 8.06. The van der Waals surface area contributed by atoms with Gasteiger partial charge < -0.3 is 0 Å². The molecule has 132 valence electrons. The molecule has 0 N–H and O–H groups in total. The number of hydrogen-bond acceptors (Lipinski definition) is 0. The van der Waals surface area contributed by atoms with Crippen LogP contribution >= 0.6 is 0 Å². The topological polar surface area (TPSA) is 3.88 Å². The van der Waals surface area contributed by atoms with Crippen LogP contribution in [-0.2, 0) is 19.8 Å². The van der Waals surface area contributed by atoms with E-state index in [1.807, 2.05) is 46.1 Å². The summed E-state index contributed by atoms with van der Waals surface area (Å²) in [4.78, 5) is 0. The molecule has 0 saturated carbocycles. The van der Waals surface area contributed by atoms with E-state index < -0.39 is 11.8 Å². The number of hydrogen-bond donors (Lipinski definition) is 0. The Bertz CT molecular complexity index is 1070. The Morgan fingerprint density at radius 2 is 1.77 bits per heavy atom. The third-order valence-corrected chi connectivity index (χ3v) is 5.16. The molecule has 1 aromatic heterocycles. The van der Waals surface area contributed by atoms with Gasteiger partial charge in [-0.2, -0.15) is 0 Å². The van der Waals surface area contributed by atoms with Gasteiger partial charge in [0.15, 0.2) is 6.20 Å². The zero-order chi connectivity index (χ0) is 20.3. The van der Waals surface area contributed by atoms with Gasteiger partial charge in [-0.1, -0.05) is 51.1 Å². The fourth-order valence-electron chi connectivity index (χ4n) is 4.04. The van der Waals surface area contributed by atoms with Gasteiger partial charge in [0, 0.05) is 20.4 Å². The van der Waals surface area contributed by atoms with E-state index in [0.717, 1.165) is 17.7 Å². The second-order valence-corrected chi connectivity index (χ2v) is 8.39. The summed E-state index contributed by atoms with van der Waals surface area (Å²) in [7, 11) is 2.03. The molecule has 0 unspecified atom stereocenters. The van der Waals surface area contributed by atoms with Crippen molar-refractivity contribution in [3.05, 3.63) is 77.0 Å². The van der Waals surface area contributed by atoms with Crippen molar-refractivity contribution in [1.82, 2.24) is 0 Å².